The Labute approximate surface area is 96.4 Å². The van der Waals surface area contributed by atoms with Crippen molar-refractivity contribution in [3.8, 4) is 0 Å². The summed E-state index contributed by atoms with van der Waals surface area (Å²) in [6.45, 7) is 4.84. The maximum absolute atomic E-state index is 11.8. The average molecular weight is 229 g/mol. The van der Waals surface area contributed by atoms with Crippen molar-refractivity contribution in [1.29, 1.82) is 0 Å². The van der Waals surface area contributed by atoms with E-state index in [1.54, 1.807) is 0 Å². The maximum atomic E-state index is 11.8. The molecular formula is C10H19N3OS. The minimum atomic E-state index is 0.0605. The summed E-state index contributed by atoms with van der Waals surface area (Å²) in [5.41, 5.74) is 5.39. The Balaban J connectivity index is 2.59. The summed E-state index contributed by atoms with van der Waals surface area (Å²) in [6, 6.07) is 0.249. The van der Waals surface area contributed by atoms with Crippen LogP contribution in [0.3, 0.4) is 0 Å². The molecule has 0 aromatic carbocycles. The van der Waals surface area contributed by atoms with E-state index in [2.05, 4.69) is 18.9 Å². The number of amides is 1. The smallest absolute Gasteiger partial charge is 0.229 e. The van der Waals surface area contributed by atoms with Gasteiger partial charge in [-0.05, 0) is 26.9 Å². The van der Waals surface area contributed by atoms with Crippen molar-refractivity contribution < 1.29 is 4.79 Å². The van der Waals surface area contributed by atoms with Gasteiger partial charge in [0, 0.05) is 19.1 Å². The summed E-state index contributed by atoms with van der Waals surface area (Å²) in [7, 11) is 2.08. The standard InChI is InChI=1S/C10H19N3OS/c1-8-7-12(2)4-3-5-13(8)10(14)6-9(11)15/h8H,3-7H2,1-2H3,(H2,11,15). The molecule has 1 heterocycles. The SMILES string of the molecule is CC1CN(C)CCCN1C(=O)CC(N)=S. The molecule has 0 saturated carbocycles. The van der Waals surface area contributed by atoms with Crippen molar-refractivity contribution in [1.82, 2.24) is 9.80 Å². The number of carbonyl (C=O) groups excluding carboxylic acids is 1. The summed E-state index contributed by atoms with van der Waals surface area (Å²) in [6.07, 6.45) is 1.22. The second-order valence-corrected chi connectivity index (χ2v) is 4.72. The lowest BCUT2D eigenvalue weighted by Crippen LogP contribution is -2.43. The number of rotatable bonds is 2. The average Bonchev–Trinajstić information content (AvgIpc) is 2.25. The van der Waals surface area contributed by atoms with Crippen LogP contribution in [0.1, 0.15) is 19.8 Å². The molecule has 0 aromatic rings. The second-order valence-electron chi connectivity index (χ2n) is 4.20. The molecule has 1 fully saturated rings. The van der Waals surface area contributed by atoms with Gasteiger partial charge in [-0.3, -0.25) is 4.79 Å². The highest BCUT2D eigenvalue weighted by Gasteiger charge is 2.23. The highest BCUT2D eigenvalue weighted by Crippen LogP contribution is 2.09. The van der Waals surface area contributed by atoms with Crippen LogP contribution >= 0.6 is 12.2 Å². The first-order valence-electron chi connectivity index (χ1n) is 5.27. The van der Waals surface area contributed by atoms with E-state index in [9.17, 15) is 4.79 Å². The predicted octanol–water partition coefficient (Wildman–Crippen LogP) is 0.215. The van der Waals surface area contributed by atoms with Gasteiger partial charge in [0.15, 0.2) is 0 Å². The van der Waals surface area contributed by atoms with E-state index in [4.69, 9.17) is 18.0 Å². The Morgan fingerprint density at radius 2 is 2.20 bits per heavy atom. The van der Waals surface area contributed by atoms with Crippen molar-refractivity contribution in [2.24, 2.45) is 5.73 Å². The molecule has 0 spiro atoms. The largest absolute Gasteiger partial charge is 0.393 e. The summed E-state index contributed by atoms with van der Waals surface area (Å²) in [5, 5.41) is 0. The Hall–Kier alpha value is -0.680. The number of likely N-dealkylation sites (N-methyl/N-ethyl adjacent to an activating group) is 1. The zero-order chi connectivity index (χ0) is 11.4. The van der Waals surface area contributed by atoms with E-state index < -0.39 is 0 Å². The van der Waals surface area contributed by atoms with E-state index in [1.165, 1.54) is 0 Å². The fraction of sp³-hybridized carbons (Fsp3) is 0.800. The first kappa shape index (κ1) is 12.4. The Bertz CT molecular complexity index is 257. The van der Waals surface area contributed by atoms with Crippen LogP contribution in [0.5, 0.6) is 0 Å². The second kappa shape index (κ2) is 5.42. The molecule has 5 heteroatoms. The molecule has 15 heavy (non-hydrogen) atoms. The molecule has 1 aliphatic heterocycles. The van der Waals surface area contributed by atoms with Crippen LogP contribution in [0.4, 0.5) is 0 Å². The summed E-state index contributed by atoms with van der Waals surface area (Å²) in [5.74, 6) is 0.0605. The van der Waals surface area contributed by atoms with Crippen LogP contribution in [-0.4, -0.2) is 53.4 Å². The molecule has 1 aliphatic rings. The number of hydrogen-bond donors (Lipinski definition) is 1. The Morgan fingerprint density at radius 3 is 2.80 bits per heavy atom. The molecule has 86 valence electrons. The third-order valence-corrected chi connectivity index (χ3v) is 2.84. The van der Waals surface area contributed by atoms with E-state index in [-0.39, 0.29) is 23.4 Å². The van der Waals surface area contributed by atoms with E-state index in [1.807, 2.05) is 4.90 Å². The molecule has 0 radical (unpaired) electrons. The number of carbonyl (C=O) groups is 1. The van der Waals surface area contributed by atoms with Gasteiger partial charge < -0.3 is 15.5 Å². The molecule has 0 aliphatic carbocycles. The monoisotopic (exact) mass is 229 g/mol. The molecular weight excluding hydrogens is 210 g/mol. The third kappa shape index (κ3) is 3.76. The fourth-order valence-corrected chi connectivity index (χ4v) is 2.12. The van der Waals surface area contributed by atoms with Crippen LogP contribution in [0.25, 0.3) is 0 Å². The topological polar surface area (TPSA) is 49.6 Å². The van der Waals surface area contributed by atoms with Gasteiger partial charge in [-0.25, -0.2) is 0 Å². The normalized spacial score (nSPS) is 23.6. The molecule has 1 saturated heterocycles. The molecule has 0 aromatic heterocycles. The number of nitrogens with two attached hydrogens (primary N) is 1. The van der Waals surface area contributed by atoms with Gasteiger partial charge in [0.05, 0.1) is 11.4 Å². The number of thiocarbonyl (C=S) groups is 1. The third-order valence-electron chi connectivity index (χ3n) is 2.69. The van der Waals surface area contributed by atoms with Crippen LogP contribution in [0, 0.1) is 0 Å². The van der Waals surface area contributed by atoms with Crippen LogP contribution in [0.15, 0.2) is 0 Å². The van der Waals surface area contributed by atoms with Crippen LogP contribution in [-0.2, 0) is 4.79 Å². The lowest BCUT2D eigenvalue weighted by atomic mass is 10.2. The Morgan fingerprint density at radius 1 is 1.53 bits per heavy atom. The van der Waals surface area contributed by atoms with Gasteiger partial charge >= 0.3 is 0 Å². The van der Waals surface area contributed by atoms with Crippen LogP contribution < -0.4 is 5.73 Å². The first-order chi connectivity index (χ1) is 7.00. The molecule has 2 N–H and O–H groups in total. The predicted molar refractivity (Wildman–Crippen MR) is 64.7 cm³/mol. The first-order valence-corrected chi connectivity index (χ1v) is 5.68. The van der Waals surface area contributed by atoms with Crippen molar-refractivity contribution in [2.75, 3.05) is 26.7 Å². The molecule has 1 amide bonds. The number of hydrogen-bond acceptors (Lipinski definition) is 3. The van der Waals surface area contributed by atoms with E-state index in [0.717, 1.165) is 26.1 Å². The zero-order valence-corrected chi connectivity index (χ0v) is 10.2. The van der Waals surface area contributed by atoms with Crippen LogP contribution in [0.2, 0.25) is 0 Å². The van der Waals surface area contributed by atoms with Gasteiger partial charge in [-0.2, -0.15) is 0 Å². The Kier molecular flexibility index (Phi) is 4.47. The molecule has 4 nitrogen and oxygen atoms in total. The molecule has 1 unspecified atom stereocenters. The lowest BCUT2D eigenvalue weighted by Gasteiger charge is -2.27. The molecule has 1 rings (SSSR count). The molecule has 0 bridgehead atoms. The summed E-state index contributed by atoms with van der Waals surface area (Å²) in [4.78, 5) is 16.2. The quantitative estimate of drug-likeness (QED) is 0.688. The van der Waals surface area contributed by atoms with E-state index in [0.29, 0.717) is 0 Å². The maximum Gasteiger partial charge on any atom is 0.229 e. The van der Waals surface area contributed by atoms with E-state index >= 15 is 0 Å². The van der Waals surface area contributed by atoms with Gasteiger partial charge in [-0.1, -0.05) is 12.2 Å². The number of nitrogens with zero attached hydrogens (tertiary/aromatic N) is 2. The minimum Gasteiger partial charge on any atom is -0.393 e. The summed E-state index contributed by atoms with van der Waals surface area (Å²) >= 11 is 4.76. The van der Waals surface area contributed by atoms with Crippen molar-refractivity contribution >= 4 is 23.1 Å². The van der Waals surface area contributed by atoms with Crippen molar-refractivity contribution in [2.45, 2.75) is 25.8 Å². The van der Waals surface area contributed by atoms with Gasteiger partial charge in [0.1, 0.15) is 0 Å². The minimum absolute atomic E-state index is 0.0605. The van der Waals surface area contributed by atoms with Crippen molar-refractivity contribution in [3.05, 3.63) is 0 Å². The zero-order valence-electron chi connectivity index (χ0n) is 9.40. The summed E-state index contributed by atoms with van der Waals surface area (Å²) < 4.78 is 0. The lowest BCUT2D eigenvalue weighted by molar-refractivity contribution is -0.131. The van der Waals surface area contributed by atoms with Crippen molar-refractivity contribution in [3.63, 3.8) is 0 Å². The van der Waals surface area contributed by atoms with Gasteiger partial charge in [-0.15, -0.1) is 0 Å². The fourth-order valence-electron chi connectivity index (χ4n) is 1.99. The van der Waals surface area contributed by atoms with Gasteiger partial charge in [0.25, 0.3) is 0 Å². The van der Waals surface area contributed by atoms with Gasteiger partial charge in [0.2, 0.25) is 5.91 Å². The molecule has 1 atom stereocenters. The highest BCUT2D eigenvalue weighted by molar-refractivity contribution is 7.80. The highest BCUT2D eigenvalue weighted by atomic mass is 32.1.